The number of carbonyl (C=O) groups excluding carboxylic acids is 1. The third-order valence-corrected chi connectivity index (χ3v) is 5.79. The zero-order valence-electron chi connectivity index (χ0n) is 12.4. The van der Waals surface area contributed by atoms with E-state index in [1.807, 2.05) is 26.0 Å². The second-order valence-electron chi connectivity index (χ2n) is 5.65. The van der Waals surface area contributed by atoms with Crippen LogP contribution in [0.2, 0.25) is 5.02 Å². The highest BCUT2D eigenvalue weighted by Gasteiger charge is 2.20. The van der Waals surface area contributed by atoms with Crippen molar-refractivity contribution in [2.45, 2.75) is 38.4 Å². The summed E-state index contributed by atoms with van der Waals surface area (Å²) in [6.07, 6.45) is 0. The van der Waals surface area contributed by atoms with Crippen LogP contribution in [-0.4, -0.2) is 15.7 Å². The first-order valence-electron chi connectivity index (χ1n) is 6.84. The van der Waals surface area contributed by atoms with E-state index in [4.69, 9.17) is 11.6 Å². The molecule has 0 unspecified atom stereocenters. The quantitative estimate of drug-likeness (QED) is 0.708. The molecule has 0 fully saturated rings. The van der Waals surface area contributed by atoms with Crippen LogP contribution in [0.5, 0.6) is 0 Å². The van der Waals surface area contributed by atoms with Crippen molar-refractivity contribution in [3.8, 4) is 0 Å². The predicted molar refractivity (Wildman–Crippen MR) is 94.9 cm³/mol. The van der Waals surface area contributed by atoms with Crippen LogP contribution in [0.3, 0.4) is 0 Å². The van der Waals surface area contributed by atoms with E-state index in [0.29, 0.717) is 16.1 Å². The van der Waals surface area contributed by atoms with Crippen LogP contribution in [0.15, 0.2) is 12.1 Å². The van der Waals surface area contributed by atoms with Crippen molar-refractivity contribution in [3.05, 3.63) is 22.7 Å². The van der Waals surface area contributed by atoms with Crippen molar-refractivity contribution in [1.29, 1.82) is 0 Å². The average Bonchev–Trinajstić information content (AvgIpc) is 2.78. The van der Waals surface area contributed by atoms with Gasteiger partial charge in [0.1, 0.15) is 0 Å². The van der Waals surface area contributed by atoms with Crippen LogP contribution >= 0.6 is 38.9 Å². The molecule has 0 radical (unpaired) electrons. The second-order valence-corrected chi connectivity index (χ2v) is 8.10. The molecule has 1 aromatic carbocycles. The van der Waals surface area contributed by atoms with Crippen molar-refractivity contribution in [2.24, 2.45) is 5.92 Å². The molecule has 1 aromatic heterocycles. The summed E-state index contributed by atoms with van der Waals surface area (Å²) < 4.78 is 0.997. The predicted octanol–water partition coefficient (Wildman–Crippen LogP) is 5.43. The maximum absolute atomic E-state index is 12.1. The lowest BCUT2D eigenvalue weighted by Gasteiger charge is -2.11. The number of benzene rings is 1. The Hall–Kier alpha value is -0.650. The molecule has 2 aromatic rings. The SMILES string of the molecule is CC(C)c1cc(Cl)cc2sc(NC(=O)[C@@H](Br)C(C)C)nc12. The molecule has 114 valence electrons. The first-order valence-corrected chi connectivity index (χ1v) is 8.95. The largest absolute Gasteiger partial charge is 0.301 e. The molecule has 1 heterocycles. The normalized spacial score (nSPS) is 13.1. The molecule has 6 heteroatoms. The van der Waals surface area contributed by atoms with Crippen LogP contribution < -0.4 is 5.32 Å². The number of fused-ring (bicyclic) bond motifs is 1. The minimum absolute atomic E-state index is 0.0683. The number of carbonyl (C=O) groups is 1. The number of hydrogen-bond donors (Lipinski definition) is 1. The standard InChI is InChI=1S/C15H18BrClN2OS/c1-7(2)10-5-9(17)6-11-13(10)18-15(21-11)19-14(20)12(16)8(3)4/h5-8,12H,1-4H3,(H,18,19,20)/t12-/m0/s1. The first-order chi connectivity index (χ1) is 9.79. The lowest BCUT2D eigenvalue weighted by molar-refractivity contribution is -0.116. The second kappa shape index (κ2) is 6.63. The molecule has 21 heavy (non-hydrogen) atoms. The topological polar surface area (TPSA) is 42.0 Å². The van der Waals surface area contributed by atoms with Gasteiger partial charge in [0.15, 0.2) is 5.13 Å². The highest BCUT2D eigenvalue weighted by Crippen LogP contribution is 2.34. The molecule has 1 N–H and O–H groups in total. The number of amides is 1. The lowest BCUT2D eigenvalue weighted by Crippen LogP contribution is -2.26. The van der Waals surface area contributed by atoms with Gasteiger partial charge in [-0.25, -0.2) is 4.98 Å². The van der Waals surface area contributed by atoms with E-state index in [-0.39, 0.29) is 16.7 Å². The Morgan fingerprint density at radius 2 is 2.00 bits per heavy atom. The molecule has 0 bridgehead atoms. The molecule has 1 atom stereocenters. The van der Waals surface area contributed by atoms with Crippen LogP contribution in [0.1, 0.15) is 39.2 Å². The Bertz CT molecular complexity index is 669. The molecule has 0 saturated carbocycles. The van der Waals surface area contributed by atoms with Crippen molar-refractivity contribution in [1.82, 2.24) is 4.98 Å². The molecule has 0 aliphatic heterocycles. The van der Waals surface area contributed by atoms with E-state index in [0.717, 1.165) is 15.8 Å². The molecular weight excluding hydrogens is 372 g/mol. The zero-order valence-corrected chi connectivity index (χ0v) is 15.6. The summed E-state index contributed by atoms with van der Waals surface area (Å²) in [4.78, 5) is 16.4. The summed E-state index contributed by atoms with van der Waals surface area (Å²) in [5, 5.41) is 4.19. The summed E-state index contributed by atoms with van der Waals surface area (Å²) in [6, 6.07) is 3.84. The minimum atomic E-state index is -0.224. The van der Waals surface area contributed by atoms with Crippen LogP contribution in [-0.2, 0) is 4.79 Å². The smallest absolute Gasteiger partial charge is 0.240 e. The molecule has 0 spiro atoms. The fourth-order valence-corrected chi connectivity index (χ4v) is 3.34. The van der Waals surface area contributed by atoms with Crippen molar-refractivity contribution < 1.29 is 4.79 Å². The molecule has 1 amide bonds. The van der Waals surface area contributed by atoms with Gasteiger partial charge in [0.05, 0.1) is 15.0 Å². The lowest BCUT2D eigenvalue weighted by atomic mass is 10.0. The van der Waals surface area contributed by atoms with Gasteiger partial charge in [-0.2, -0.15) is 0 Å². The number of nitrogens with one attached hydrogen (secondary N) is 1. The number of aromatic nitrogens is 1. The van der Waals surface area contributed by atoms with E-state index in [2.05, 4.69) is 40.1 Å². The fourth-order valence-electron chi connectivity index (χ4n) is 1.99. The Morgan fingerprint density at radius 3 is 2.57 bits per heavy atom. The highest BCUT2D eigenvalue weighted by molar-refractivity contribution is 9.10. The van der Waals surface area contributed by atoms with E-state index in [1.165, 1.54) is 11.3 Å². The third kappa shape index (κ3) is 3.76. The highest BCUT2D eigenvalue weighted by atomic mass is 79.9. The number of alkyl halides is 1. The molecular formula is C15H18BrClN2OS. The van der Waals surface area contributed by atoms with Gasteiger partial charge < -0.3 is 5.32 Å². The Labute approximate surface area is 142 Å². The Balaban J connectivity index is 2.35. The van der Waals surface area contributed by atoms with E-state index >= 15 is 0 Å². The van der Waals surface area contributed by atoms with Crippen molar-refractivity contribution >= 4 is 60.1 Å². The van der Waals surface area contributed by atoms with Crippen molar-refractivity contribution in [2.75, 3.05) is 5.32 Å². The number of halogens is 2. The summed E-state index contributed by atoms with van der Waals surface area (Å²) in [6.45, 7) is 8.20. The van der Waals surface area contributed by atoms with Gasteiger partial charge in [0.2, 0.25) is 5.91 Å². The van der Waals surface area contributed by atoms with Gasteiger partial charge in [0.25, 0.3) is 0 Å². The van der Waals surface area contributed by atoms with Gasteiger partial charge in [-0.3, -0.25) is 4.79 Å². The van der Waals surface area contributed by atoms with Crippen molar-refractivity contribution in [3.63, 3.8) is 0 Å². The fraction of sp³-hybridized carbons (Fsp3) is 0.467. The summed E-state index contributed by atoms with van der Waals surface area (Å²) in [7, 11) is 0. The Morgan fingerprint density at radius 1 is 1.33 bits per heavy atom. The number of thiazole rings is 1. The van der Waals surface area contributed by atoms with E-state index in [9.17, 15) is 4.79 Å². The Kier molecular flexibility index (Phi) is 5.28. The molecule has 3 nitrogen and oxygen atoms in total. The van der Waals surface area contributed by atoms with Gasteiger partial charge in [-0.05, 0) is 29.5 Å². The minimum Gasteiger partial charge on any atom is -0.301 e. The van der Waals surface area contributed by atoms with Crippen LogP contribution in [0, 0.1) is 5.92 Å². The zero-order chi connectivity index (χ0) is 15.7. The maximum Gasteiger partial charge on any atom is 0.240 e. The molecule has 0 aliphatic carbocycles. The van der Waals surface area contributed by atoms with Crippen LogP contribution in [0.4, 0.5) is 5.13 Å². The van der Waals surface area contributed by atoms with E-state index in [1.54, 1.807) is 0 Å². The van der Waals surface area contributed by atoms with Gasteiger partial charge in [-0.1, -0.05) is 66.6 Å². The van der Waals surface area contributed by atoms with Gasteiger partial charge >= 0.3 is 0 Å². The maximum atomic E-state index is 12.1. The van der Waals surface area contributed by atoms with Crippen LogP contribution in [0.25, 0.3) is 10.2 Å². The number of anilines is 1. The average molecular weight is 390 g/mol. The van der Waals surface area contributed by atoms with E-state index < -0.39 is 0 Å². The summed E-state index contributed by atoms with van der Waals surface area (Å²) >= 11 is 11.0. The van der Waals surface area contributed by atoms with Gasteiger partial charge in [-0.15, -0.1) is 0 Å². The number of rotatable bonds is 4. The first kappa shape index (κ1) is 16.7. The summed E-state index contributed by atoms with van der Waals surface area (Å²) in [5.41, 5.74) is 2.03. The van der Waals surface area contributed by atoms with Gasteiger partial charge in [0, 0.05) is 5.02 Å². The summed E-state index contributed by atoms with van der Waals surface area (Å²) in [5.74, 6) is 0.484. The third-order valence-electron chi connectivity index (χ3n) is 3.18. The monoisotopic (exact) mass is 388 g/mol. The molecule has 0 aliphatic rings. The molecule has 0 saturated heterocycles. The molecule has 2 rings (SSSR count). The number of hydrogen-bond acceptors (Lipinski definition) is 3. The number of nitrogens with zero attached hydrogens (tertiary/aromatic N) is 1.